The van der Waals surface area contributed by atoms with Crippen LogP contribution in [0, 0.1) is 0 Å². The fraction of sp³-hybridized carbons (Fsp3) is 0.357. The number of ether oxygens (including phenoxy) is 1. The predicted molar refractivity (Wildman–Crippen MR) is 75.9 cm³/mol. The van der Waals surface area contributed by atoms with Crippen molar-refractivity contribution in [3.8, 4) is 5.75 Å². The Morgan fingerprint density at radius 1 is 1.45 bits per heavy atom. The number of urea groups is 1. The maximum absolute atomic E-state index is 12.1. The number of hydrogen-bond donors (Lipinski definition) is 2. The largest absolute Gasteiger partial charge is 0.484 e. The second-order valence-electron chi connectivity index (χ2n) is 4.32. The van der Waals surface area contributed by atoms with Crippen LogP contribution in [0.15, 0.2) is 36.9 Å². The van der Waals surface area contributed by atoms with Crippen molar-refractivity contribution in [1.82, 2.24) is 4.90 Å². The van der Waals surface area contributed by atoms with Gasteiger partial charge in [0, 0.05) is 24.8 Å². The van der Waals surface area contributed by atoms with Gasteiger partial charge >= 0.3 is 12.2 Å². The van der Waals surface area contributed by atoms with Crippen LogP contribution < -0.4 is 10.1 Å². The molecule has 1 aromatic rings. The van der Waals surface area contributed by atoms with Gasteiger partial charge in [-0.05, 0) is 12.1 Å². The van der Waals surface area contributed by atoms with E-state index in [0.29, 0.717) is 0 Å². The highest BCUT2D eigenvalue weighted by molar-refractivity contribution is 5.89. The van der Waals surface area contributed by atoms with Crippen LogP contribution in [0.2, 0.25) is 0 Å². The number of halogens is 3. The molecular formula is C14H17F3N2O3. The number of aliphatic hydroxyl groups is 1. The van der Waals surface area contributed by atoms with Crippen molar-refractivity contribution in [2.75, 3.05) is 31.6 Å². The summed E-state index contributed by atoms with van der Waals surface area (Å²) >= 11 is 0. The molecule has 0 heterocycles. The Kier molecular flexibility index (Phi) is 6.71. The zero-order chi connectivity index (χ0) is 16.6. The van der Waals surface area contributed by atoms with Crippen LogP contribution in [0.3, 0.4) is 0 Å². The number of anilines is 1. The number of rotatable bonds is 7. The van der Waals surface area contributed by atoms with E-state index in [9.17, 15) is 18.0 Å². The van der Waals surface area contributed by atoms with Gasteiger partial charge in [-0.15, -0.1) is 6.58 Å². The van der Waals surface area contributed by atoms with Crippen molar-refractivity contribution in [1.29, 1.82) is 0 Å². The number of alkyl halides is 3. The number of amides is 2. The minimum Gasteiger partial charge on any atom is -0.484 e. The summed E-state index contributed by atoms with van der Waals surface area (Å²) < 4.78 is 40.9. The monoisotopic (exact) mass is 318 g/mol. The number of aliphatic hydroxyl groups excluding tert-OH is 1. The Morgan fingerprint density at radius 2 is 2.18 bits per heavy atom. The summed E-state index contributed by atoms with van der Waals surface area (Å²) in [6, 6.07) is 5.13. The number of carbonyl (C=O) groups excluding carboxylic acids is 1. The van der Waals surface area contributed by atoms with Crippen LogP contribution in [-0.2, 0) is 0 Å². The topological polar surface area (TPSA) is 61.8 Å². The molecule has 0 aliphatic heterocycles. The van der Waals surface area contributed by atoms with Gasteiger partial charge in [-0.2, -0.15) is 13.2 Å². The van der Waals surface area contributed by atoms with Crippen LogP contribution in [-0.4, -0.2) is 48.5 Å². The molecule has 122 valence electrons. The van der Waals surface area contributed by atoms with Crippen LogP contribution in [0.4, 0.5) is 23.7 Å². The highest BCUT2D eigenvalue weighted by Crippen LogP contribution is 2.21. The first-order valence-electron chi connectivity index (χ1n) is 6.43. The minimum absolute atomic E-state index is 0.00689. The normalized spacial score (nSPS) is 10.9. The van der Waals surface area contributed by atoms with Gasteiger partial charge in [-0.1, -0.05) is 12.1 Å². The van der Waals surface area contributed by atoms with Crippen LogP contribution in [0.1, 0.15) is 0 Å². The molecule has 0 radical (unpaired) electrons. The lowest BCUT2D eigenvalue weighted by Gasteiger charge is -2.20. The van der Waals surface area contributed by atoms with Gasteiger partial charge in [-0.25, -0.2) is 4.79 Å². The third-order valence-corrected chi connectivity index (χ3v) is 2.49. The Morgan fingerprint density at radius 3 is 2.77 bits per heavy atom. The molecule has 0 bridgehead atoms. The molecule has 2 amide bonds. The Hall–Kier alpha value is -2.22. The third kappa shape index (κ3) is 6.49. The second-order valence-corrected chi connectivity index (χ2v) is 4.32. The summed E-state index contributed by atoms with van der Waals surface area (Å²) in [4.78, 5) is 13.3. The van der Waals surface area contributed by atoms with Crippen molar-refractivity contribution in [3.05, 3.63) is 36.9 Å². The zero-order valence-corrected chi connectivity index (χ0v) is 11.8. The van der Waals surface area contributed by atoms with E-state index in [2.05, 4.69) is 16.6 Å². The van der Waals surface area contributed by atoms with Gasteiger partial charge in [-0.3, -0.25) is 0 Å². The summed E-state index contributed by atoms with van der Waals surface area (Å²) in [5.41, 5.74) is 0.289. The summed E-state index contributed by atoms with van der Waals surface area (Å²) in [6.07, 6.45) is -2.93. The quantitative estimate of drug-likeness (QED) is 0.760. The molecule has 0 aliphatic carbocycles. The molecule has 0 saturated heterocycles. The molecule has 0 unspecified atom stereocenters. The van der Waals surface area contributed by atoms with E-state index in [1.54, 1.807) is 0 Å². The maximum Gasteiger partial charge on any atom is 0.422 e. The van der Waals surface area contributed by atoms with E-state index in [-0.39, 0.29) is 31.1 Å². The van der Waals surface area contributed by atoms with Crippen molar-refractivity contribution < 1.29 is 27.8 Å². The highest BCUT2D eigenvalue weighted by Gasteiger charge is 2.28. The lowest BCUT2D eigenvalue weighted by Crippen LogP contribution is -2.37. The van der Waals surface area contributed by atoms with Crippen LogP contribution in [0.25, 0.3) is 0 Å². The zero-order valence-electron chi connectivity index (χ0n) is 11.8. The summed E-state index contributed by atoms with van der Waals surface area (Å²) in [7, 11) is 0. The highest BCUT2D eigenvalue weighted by atomic mass is 19.4. The molecule has 5 nitrogen and oxygen atoms in total. The molecule has 0 spiro atoms. The summed E-state index contributed by atoms with van der Waals surface area (Å²) in [5, 5.41) is 11.4. The van der Waals surface area contributed by atoms with E-state index in [1.807, 2.05) is 0 Å². The van der Waals surface area contributed by atoms with Gasteiger partial charge in [0.2, 0.25) is 0 Å². The fourth-order valence-electron chi connectivity index (χ4n) is 1.58. The van der Waals surface area contributed by atoms with Gasteiger partial charge < -0.3 is 20.1 Å². The number of carbonyl (C=O) groups is 1. The third-order valence-electron chi connectivity index (χ3n) is 2.49. The predicted octanol–water partition coefficient (Wildman–Crippen LogP) is 2.64. The van der Waals surface area contributed by atoms with E-state index < -0.39 is 18.8 Å². The van der Waals surface area contributed by atoms with E-state index >= 15 is 0 Å². The molecular weight excluding hydrogens is 301 g/mol. The molecule has 8 heteroatoms. The number of nitrogens with one attached hydrogen (secondary N) is 1. The standard InChI is InChI=1S/C14H17F3N2O3/c1-2-6-19(7-8-20)13(21)18-11-4-3-5-12(9-11)22-10-14(15,16)17/h2-5,9,20H,1,6-8,10H2,(H,18,21). The van der Waals surface area contributed by atoms with Crippen LogP contribution >= 0.6 is 0 Å². The van der Waals surface area contributed by atoms with Gasteiger partial charge in [0.15, 0.2) is 6.61 Å². The summed E-state index contributed by atoms with van der Waals surface area (Å²) in [5.74, 6) is -0.00689. The second kappa shape index (κ2) is 8.28. The van der Waals surface area contributed by atoms with Crippen molar-refractivity contribution in [2.24, 2.45) is 0 Å². The number of hydrogen-bond acceptors (Lipinski definition) is 3. The Bertz CT molecular complexity index is 506. The first-order valence-corrected chi connectivity index (χ1v) is 6.43. The molecule has 0 saturated carbocycles. The van der Waals surface area contributed by atoms with Crippen LogP contribution in [0.5, 0.6) is 5.75 Å². The lowest BCUT2D eigenvalue weighted by molar-refractivity contribution is -0.153. The average Bonchev–Trinajstić information content (AvgIpc) is 2.44. The van der Waals surface area contributed by atoms with E-state index in [1.165, 1.54) is 35.2 Å². The number of nitrogens with zero attached hydrogens (tertiary/aromatic N) is 1. The first kappa shape index (κ1) is 17.8. The number of benzene rings is 1. The first-order chi connectivity index (χ1) is 10.4. The molecule has 1 aromatic carbocycles. The van der Waals surface area contributed by atoms with Gasteiger partial charge in [0.1, 0.15) is 5.75 Å². The maximum atomic E-state index is 12.1. The van der Waals surface area contributed by atoms with Gasteiger partial charge in [0.25, 0.3) is 0 Å². The molecule has 2 N–H and O–H groups in total. The smallest absolute Gasteiger partial charge is 0.422 e. The summed E-state index contributed by atoms with van der Waals surface area (Å²) in [6.45, 7) is 2.23. The van der Waals surface area contributed by atoms with Crippen molar-refractivity contribution in [3.63, 3.8) is 0 Å². The SMILES string of the molecule is C=CCN(CCO)C(=O)Nc1cccc(OCC(F)(F)F)c1. The van der Waals surface area contributed by atoms with Crippen molar-refractivity contribution >= 4 is 11.7 Å². The molecule has 0 aliphatic rings. The molecule has 0 fully saturated rings. The minimum atomic E-state index is -4.43. The van der Waals surface area contributed by atoms with Crippen molar-refractivity contribution in [2.45, 2.75) is 6.18 Å². The van der Waals surface area contributed by atoms with E-state index in [4.69, 9.17) is 5.11 Å². The molecule has 1 rings (SSSR count). The lowest BCUT2D eigenvalue weighted by atomic mass is 10.3. The Labute approximate surface area is 126 Å². The fourth-order valence-corrected chi connectivity index (χ4v) is 1.58. The van der Waals surface area contributed by atoms with Gasteiger partial charge in [0.05, 0.1) is 6.61 Å². The molecule has 0 atom stereocenters. The van der Waals surface area contributed by atoms with E-state index in [0.717, 1.165) is 0 Å². The average molecular weight is 318 g/mol. The molecule has 22 heavy (non-hydrogen) atoms. The Balaban J connectivity index is 2.68. The molecule has 0 aromatic heterocycles.